The average Bonchev–Trinajstić information content (AvgIpc) is 2.27. The number of hydrogen-bond acceptors (Lipinski definition) is 3. The molecule has 1 atom stereocenters. The maximum atomic E-state index is 12.0. The molecule has 0 radical (unpaired) electrons. The minimum atomic E-state index is -3.54. The zero-order chi connectivity index (χ0) is 12.3. The molecule has 0 N–H and O–H groups in total. The fourth-order valence-corrected chi connectivity index (χ4v) is 2.99. The van der Waals surface area contributed by atoms with E-state index < -0.39 is 15.1 Å². The highest BCUT2D eigenvalue weighted by atomic mass is 79.9. The van der Waals surface area contributed by atoms with Gasteiger partial charge < -0.3 is 0 Å². The largest absolute Gasteiger partial charge is 0.298 e. The van der Waals surface area contributed by atoms with Crippen molar-refractivity contribution in [1.29, 1.82) is 0 Å². The highest BCUT2D eigenvalue weighted by molar-refractivity contribution is 9.10. The van der Waals surface area contributed by atoms with Crippen molar-refractivity contribution in [2.75, 3.05) is 0 Å². The Morgan fingerprint density at radius 1 is 1.31 bits per heavy atom. The lowest BCUT2D eigenvalue weighted by Gasteiger charge is -2.10. The molecule has 5 heteroatoms. The summed E-state index contributed by atoms with van der Waals surface area (Å²) in [7, 11) is -3.54. The van der Waals surface area contributed by atoms with Gasteiger partial charge in [-0.2, -0.15) is 0 Å². The van der Waals surface area contributed by atoms with E-state index in [9.17, 15) is 13.2 Å². The molecule has 0 spiro atoms. The Hall–Kier alpha value is -0.680. The van der Waals surface area contributed by atoms with Crippen LogP contribution in [0.2, 0.25) is 0 Å². The molecule has 1 aromatic carbocycles. The van der Waals surface area contributed by atoms with Gasteiger partial charge in [0.05, 0.1) is 4.90 Å². The molecule has 16 heavy (non-hydrogen) atoms. The van der Waals surface area contributed by atoms with Crippen LogP contribution in [0.25, 0.3) is 0 Å². The number of Topliss-reactive ketones (excluding diaryl/α,β-unsaturated/α-hetero) is 1. The van der Waals surface area contributed by atoms with Gasteiger partial charge in [0.25, 0.3) is 0 Å². The van der Waals surface area contributed by atoms with Gasteiger partial charge in [-0.3, -0.25) is 4.79 Å². The number of hydrogen-bond donors (Lipinski definition) is 0. The second-order valence-electron chi connectivity index (χ2n) is 3.46. The highest BCUT2D eigenvalue weighted by Gasteiger charge is 2.28. The van der Waals surface area contributed by atoms with E-state index in [1.165, 1.54) is 19.1 Å². The molecule has 88 valence electrons. The molecule has 0 aliphatic carbocycles. The van der Waals surface area contributed by atoms with Crippen LogP contribution in [0, 0.1) is 0 Å². The van der Waals surface area contributed by atoms with Gasteiger partial charge in [-0.05, 0) is 31.2 Å². The van der Waals surface area contributed by atoms with Gasteiger partial charge in [0.2, 0.25) is 0 Å². The first kappa shape index (κ1) is 13.4. The first-order chi connectivity index (χ1) is 7.39. The van der Waals surface area contributed by atoms with Gasteiger partial charge in [0.1, 0.15) is 5.25 Å². The van der Waals surface area contributed by atoms with Crippen LogP contribution in [0.15, 0.2) is 33.6 Å². The Labute approximate surface area is 104 Å². The predicted molar refractivity (Wildman–Crippen MR) is 66.1 cm³/mol. The van der Waals surface area contributed by atoms with E-state index in [1.807, 2.05) is 0 Å². The van der Waals surface area contributed by atoms with Crippen LogP contribution in [0.5, 0.6) is 0 Å². The van der Waals surface area contributed by atoms with E-state index >= 15 is 0 Å². The summed E-state index contributed by atoms with van der Waals surface area (Å²) >= 11 is 3.23. The van der Waals surface area contributed by atoms with Crippen molar-refractivity contribution >= 4 is 31.6 Å². The molecule has 3 nitrogen and oxygen atoms in total. The lowest BCUT2D eigenvalue weighted by atomic mass is 10.2. The molecule has 0 saturated carbocycles. The maximum Gasteiger partial charge on any atom is 0.188 e. The van der Waals surface area contributed by atoms with Crippen LogP contribution >= 0.6 is 15.9 Å². The monoisotopic (exact) mass is 304 g/mol. The zero-order valence-electron chi connectivity index (χ0n) is 9.10. The van der Waals surface area contributed by atoms with Crippen LogP contribution in [-0.2, 0) is 14.6 Å². The molecule has 0 aliphatic rings. The average molecular weight is 305 g/mol. The van der Waals surface area contributed by atoms with Crippen LogP contribution in [0.4, 0.5) is 0 Å². The molecule has 0 bridgehead atoms. The molecule has 1 rings (SSSR count). The second kappa shape index (κ2) is 5.10. The van der Waals surface area contributed by atoms with Crippen molar-refractivity contribution in [2.24, 2.45) is 0 Å². The smallest absolute Gasteiger partial charge is 0.188 e. The van der Waals surface area contributed by atoms with Gasteiger partial charge in [-0.15, -0.1) is 0 Å². The van der Waals surface area contributed by atoms with E-state index in [1.54, 1.807) is 19.1 Å². The van der Waals surface area contributed by atoms with Crippen molar-refractivity contribution in [3.63, 3.8) is 0 Å². The van der Waals surface area contributed by atoms with Crippen molar-refractivity contribution in [2.45, 2.75) is 30.4 Å². The van der Waals surface area contributed by atoms with Crippen molar-refractivity contribution in [1.82, 2.24) is 0 Å². The van der Waals surface area contributed by atoms with E-state index in [2.05, 4.69) is 15.9 Å². The number of benzene rings is 1. The third-order valence-corrected chi connectivity index (χ3v) is 5.06. The first-order valence-electron chi connectivity index (χ1n) is 4.91. The standard InChI is InChI=1S/C11H13BrO3S/c1-3-11(13)8(2)16(14,15)10-6-4-9(12)5-7-10/h4-8H,3H2,1-2H3. The number of sulfone groups is 1. The molecule has 0 amide bonds. The maximum absolute atomic E-state index is 12.0. The number of ketones is 1. The SMILES string of the molecule is CCC(=O)C(C)S(=O)(=O)c1ccc(Br)cc1. The molecule has 0 saturated heterocycles. The summed E-state index contributed by atoms with van der Waals surface area (Å²) in [6.07, 6.45) is 0.233. The van der Waals surface area contributed by atoms with E-state index in [0.717, 1.165) is 4.47 Å². The van der Waals surface area contributed by atoms with Crippen molar-refractivity contribution in [3.05, 3.63) is 28.7 Å². The minimum Gasteiger partial charge on any atom is -0.298 e. The molecule has 0 aromatic heterocycles. The Bertz CT molecular complexity index is 476. The fraction of sp³-hybridized carbons (Fsp3) is 0.364. The van der Waals surface area contributed by atoms with E-state index in [4.69, 9.17) is 0 Å². The quantitative estimate of drug-likeness (QED) is 0.859. The Balaban J connectivity index is 3.12. The summed E-state index contributed by atoms with van der Waals surface area (Å²) in [5, 5.41) is -0.973. The zero-order valence-corrected chi connectivity index (χ0v) is 11.5. The summed E-state index contributed by atoms with van der Waals surface area (Å²) in [4.78, 5) is 11.6. The summed E-state index contributed by atoms with van der Waals surface area (Å²) in [6, 6.07) is 6.30. The molecule has 0 fully saturated rings. The van der Waals surface area contributed by atoms with Gasteiger partial charge >= 0.3 is 0 Å². The first-order valence-corrected chi connectivity index (χ1v) is 7.25. The van der Waals surface area contributed by atoms with Gasteiger partial charge in [-0.25, -0.2) is 8.42 Å². The van der Waals surface area contributed by atoms with E-state index in [0.29, 0.717) is 0 Å². The van der Waals surface area contributed by atoms with Gasteiger partial charge in [0.15, 0.2) is 15.6 Å². The van der Waals surface area contributed by atoms with Crippen LogP contribution in [0.3, 0.4) is 0 Å². The number of halogens is 1. The summed E-state index contributed by atoms with van der Waals surface area (Å²) < 4.78 is 24.8. The number of carbonyl (C=O) groups is 1. The summed E-state index contributed by atoms with van der Waals surface area (Å²) in [6.45, 7) is 3.10. The second-order valence-corrected chi connectivity index (χ2v) is 6.65. The van der Waals surface area contributed by atoms with Gasteiger partial charge in [-0.1, -0.05) is 22.9 Å². The normalized spacial score (nSPS) is 13.4. The lowest BCUT2D eigenvalue weighted by Crippen LogP contribution is -2.26. The third-order valence-electron chi connectivity index (χ3n) is 2.41. The molecule has 1 aromatic rings. The molecular formula is C11H13BrO3S. The van der Waals surface area contributed by atoms with Crippen LogP contribution in [0.1, 0.15) is 20.3 Å². The number of carbonyl (C=O) groups excluding carboxylic acids is 1. The van der Waals surface area contributed by atoms with Gasteiger partial charge in [0, 0.05) is 10.9 Å². The molecule has 0 heterocycles. The molecular weight excluding hydrogens is 292 g/mol. The minimum absolute atomic E-state index is 0.185. The van der Waals surface area contributed by atoms with Crippen LogP contribution < -0.4 is 0 Å². The fourth-order valence-electron chi connectivity index (χ4n) is 1.29. The van der Waals surface area contributed by atoms with Crippen molar-refractivity contribution in [3.8, 4) is 0 Å². The summed E-state index contributed by atoms with van der Waals surface area (Å²) in [5.41, 5.74) is 0. The third kappa shape index (κ3) is 2.71. The number of rotatable bonds is 4. The Morgan fingerprint density at radius 3 is 2.25 bits per heavy atom. The molecule has 0 aliphatic heterocycles. The van der Waals surface area contributed by atoms with Crippen molar-refractivity contribution < 1.29 is 13.2 Å². The topological polar surface area (TPSA) is 51.2 Å². The Kier molecular flexibility index (Phi) is 4.27. The Morgan fingerprint density at radius 2 is 1.81 bits per heavy atom. The predicted octanol–water partition coefficient (Wildman–Crippen LogP) is 2.59. The lowest BCUT2D eigenvalue weighted by molar-refractivity contribution is -0.118. The van der Waals surface area contributed by atoms with Crippen LogP contribution in [-0.4, -0.2) is 19.5 Å². The highest BCUT2D eigenvalue weighted by Crippen LogP contribution is 2.20. The summed E-state index contributed by atoms with van der Waals surface area (Å²) in [5.74, 6) is -0.261. The molecule has 1 unspecified atom stereocenters. The van der Waals surface area contributed by atoms with E-state index in [-0.39, 0.29) is 17.1 Å².